The van der Waals surface area contributed by atoms with Crippen molar-refractivity contribution in [3.63, 3.8) is 0 Å². The van der Waals surface area contributed by atoms with Gasteiger partial charge in [0.1, 0.15) is 5.75 Å². The largest absolute Gasteiger partial charge is 0.496 e. The molecular formula is C15H15BrClNO. The molecule has 2 N–H and O–H groups in total. The van der Waals surface area contributed by atoms with Crippen LogP contribution in [0.1, 0.15) is 22.7 Å². The molecule has 0 aliphatic rings. The summed E-state index contributed by atoms with van der Waals surface area (Å²) in [4.78, 5) is 0. The minimum Gasteiger partial charge on any atom is -0.496 e. The van der Waals surface area contributed by atoms with Crippen molar-refractivity contribution in [3.05, 3.63) is 62.6 Å². The van der Waals surface area contributed by atoms with Crippen LogP contribution in [0.3, 0.4) is 0 Å². The van der Waals surface area contributed by atoms with Gasteiger partial charge in [0.15, 0.2) is 0 Å². The number of aryl methyl sites for hydroxylation is 1. The van der Waals surface area contributed by atoms with Crippen LogP contribution in [0.25, 0.3) is 0 Å². The molecule has 2 rings (SSSR count). The fraction of sp³-hybridized carbons (Fsp3) is 0.200. The van der Waals surface area contributed by atoms with Gasteiger partial charge in [0.2, 0.25) is 0 Å². The van der Waals surface area contributed by atoms with Gasteiger partial charge in [-0.05, 0) is 57.7 Å². The maximum Gasteiger partial charge on any atom is 0.133 e. The fourth-order valence-electron chi connectivity index (χ4n) is 1.93. The fourth-order valence-corrected chi connectivity index (χ4v) is 2.61. The molecule has 4 heteroatoms. The number of ether oxygens (including phenoxy) is 1. The van der Waals surface area contributed by atoms with Gasteiger partial charge in [-0.2, -0.15) is 0 Å². The van der Waals surface area contributed by atoms with Gasteiger partial charge in [-0.25, -0.2) is 0 Å². The Balaban J connectivity index is 2.35. The smallest absolute Gasteiger partial charge is 0.133 e. The van der Waals surface area contributed by atoms with Crippen LogP contribution in [0.4, 0.5) is 0 Å². The topological polar surface area (TPSA) is 35.2 Å². The summed E-state index contributed by atoms with van der Waals surface area (Å²) in [6.07, 6.45) is 0. The molecule has 0 fully saturated rings. The third kappa shape index (κ3) is 3.11. The first-order chi connectivity index (χ1) is 9.02. The van der Waals surface area contributed by atoms with Crippen molar-refractivity contribution in [1.82, 2.24) is 0 Å². The summed E-state index contributed by atoms with van der Waals surface area (Å²) in [5, 5.41) is 0.756. The Kier molecular flexibility index (Phi) is 4.50. The summed E-state index contributed by atoms with van der Waals surface area (Å²) in [7, 11) is 1.64. The summed E-state index contributed by atoms with van der Waals surface area (Å²) >= 11 is 9.50. The van der Waals surface area contributed by atoms with E-state index in [0.717, 1.165) is 31.9 Å². The average Bonchev–Trinajstić information content (AvgIpc) is 2.41. The van der Waals surface area contributed by atoms with Crippen molar-refractivity contribution in [2.45, 2.75) is 13.0 Å². The van der Waals surface area contributed by atoms with Crippen LogP contribution in [0, 0.1) is 6.92 Å². The second-order valence-electron chi connectivity index (χ2n) is 4.38. The first kappa shape index (κ1) is 14.4. The molecule has 0 radical (unpaired) electrons. The standard InChI is InChI=1S/C15H15BrClNO/c1-9-7-10(3-5-13(9)17)15(18)11-4-6-14(19-2)12(16)8-11/h3-8,15H,18H2,1-2H3. The monoisotopic (exact) mass is 339 g/mol. The van der Waals surface area contributed by atoms with E-state index < -0.39 is 0 Å². The molecule has 2 aromatic rings. The SMILES string of the molecule is COc1ccc(C(N)c2ccc(Cl)c(C)c2)cc1Br. The Labute approximate surface area is 126 Å². The summed E-state index contributed by atoms with van der Waals surface area (Å²) in [6, 6.07) is 11.5. The molecule has 0 saturated carbocycles. The number of halogens is 2. The lowest BCUT2D eigenvalue weighted by atomic mass is 9.98. The third-order valence-electron chi connectivity index (χ3n) is 3.08. The summed E-state index contributed by atoms with van der Waals surface area (Å²) in [6.45, 7) is 1.97. The molecule has 2 aromatic carbocycles. The van der Waals surface area contributed by atoms with E-state index in [9.17, 15) is 0 Å². The van der Waals surface area contributed by atoms with Gasteiger partial charge in [0.25, 0.3) is 0 Å². The van der Waals surface area contributed by atoms with E-state index in [1.165, 1.54) is 0 Å². The molecule has 19 heavy (non-hydrogen) atoms. The van der Waals surface area contributed by atoms with Gasteiger partial charge in [-0.15, -0.1) is 0 Å². The molecule has 0 bridgehead atoms. The number of hydrogen-bond acceptors (Lipinski definition) is 2. The Morgan fingerprint density at radius 3 is 2.37 bits per heavy atom. The number of nitrogens with two attached hydrogens (primary N) is 1. The first-order valence-corrected chi connectivity index (χ1v) is 7.05. The maximum atomic E-state index is 6.29. The van der Waals surface area contributed by atoms with Gasteiger partial charge in [0, 0.05) is 5.02 Å². The van der Waals surface area contributed by atoms with E-state index in [1.807, 2.05) is 43.3 Å². The predicted octanol–water partition coefficient (Wildman–Crippen LogP) is 4.47. The zero-order valence-corrected chi connectivity index (χ0v) is 13.1. The van der Waals surface area contributed by atoms with Crippen LogP contribution < -0.4 is 10.5 Å². The summed E-state index contributed by atoms with van der Waals surface area (Å²) in [5.41, 5.74) is 9.38. The summed E-state index contributed by atoms with van der Waals surface area (Å²) in [5.74, 6) is 0.795. The van der Waals surface area contributed by atoms with Crippen LogP contribution in [0.5, 0.6) is 5.75 Å². The molecule has 0 amide bonds. The molecular weight excluding hydrogens is 326 g/mol. The number of methoxy groups -OCH3 is 1. The maximum absolute atomic E-state index is 6.29. The zero-order valence-electron chi connectivity index (χ0n) is 10.8. The third-order valence-corrected chi connectivity index (χ3v) is 4.12. The highest BCUT2D eigenvalue weighted by atomic mass is 79.9. The van der Waals surface area contributed by atoms with Crippen LogP contribution in [0.2, 0.25) is 5.02 Å². The second kappa shape index (κ2) is 5.95. The molecule has 0 spiro atoms. The minimum atomic E-state index is -0.182. The quantitative estimate of drug-likeness (QED) is 0.895. The molecule has 1 atom stereocenters. The van der Waals surface area contributed by atoms with Crippen molar-refractivity contribution in [1.29, 1.82) is 0 Å². The number of rotatable bonds is 3. The van der Waals surface area contributed by atoms with Crippen LogP contribution in [-0.2, 0) is 0 Å². The van der Waals surface area contributed by atoms with Gasteiger partial charge < -0.3 is 10.5 Å². The molecule has 0 heterocycles. The van der Waals surface area contributed by atoms with E-state index in [1.54, 1.807) is 7.11 Å². The first-order valence-electron chi connectivity index (χ1n) is 5.88. The molecule has 0 aliphatic heterocycles. The van der Waals surface area contributed by atoms with E-state index in [-0.39, 0.29) is 6.04 Å². The highest BCUT2D eigenvalue weighted by Crippen LogP contribution is 2.30. The lowest BCUT2D eigenvalue weighted by Gasteiger charge is -2.15. The molecule has 0 saturated heterocycles. The van der Waals surface area contributed by atoms with Gasteiger partial charge >= 0.3 is 0 Å². The zero-order chi connectivity index (χ0) is 14.0. The van der Waals surface area contributed by atoms with Crippen molar-refractivity contribution in [2.24, 2.45) is 5.73 Å². The Morgan fingerprint density at radius 1 is 1.16 bits per heavy atom. The Hall–Kier alpha value is -1.03. The highest BCUT2D eigenvalue weighted by molar-refractivity contribution is 9.10. The van der Waals surface area contributed by atoms with Crippen molar-refractivity contribution in [2.75, 3.05) is 7.11 Å². The van der Waals surface area contributed by atoms with E-state index >= 15 is 0 Å². The van der Waals surface area contributed by atoms with Gasteiger partial charge in [-0.3, -0.25) is 0 Å². The molecule has 100 valence electrons. The van der Waals surface area contributed by atoms with Crippen molar-refractivity contribution >= 4 is 27.5 Å². The minimum absolute atomic E-state index is 0.182. The lowest BCUT2D eigenvalue weighted by Crippen LogP contribution is -2.12. The van der Waals surface area contributed by atoms with Crippen LogP contribution in [-0.4, -0.2) is 7.11 Å². The van der Waals surface area contributed by atoms with Gasteiger partial charge in [0.05, 0.1) is 17.6 Å². The van der Waals surface area contributed by atoms with Gasteiger partial charge in [-0.1, -0.05) is 29.8 Å². The van der Waals surface area contributed by atoms with E-state index in [0.29, 0.717) is 0 Å². The highest BCUT2D eigenvalue weighted by Gasteiger charge is 2.12. The Bertz CT molecular complexity index is 601. The van der Waals surface area contributed by atoms with Crippen molar-refractivity contribution < 1.29 is 4.74 Å². The molecule has 2 nitrogen and oxygen atoms in total. The predicted molar refractivity (Wildman–Crippen MR) is 82.9 cm³/mol. The normalized spacial score (nSPS) is 12.3. The van der Waals surface area contributed by atoms with E-state index in [4.69, 9.17) is 22.1 Å². The average molecular weight is 341 g/mol. The van der Waals surface area contributed by atoms with Crippen LogP contribution >= 0.6 is 27.5 Å². The van der Waals surface area contributed by atoms with Crippen molar-refractivity contribution in [3.8, 4) is 5.75 Å². The lowest BCUT2D eigenvalue weighted by molar-refractivity contribution is 0.412. The number of hydrogen-bond donors (Lipinski definition) is 1. The second-order valence-corrected chi connectivity index (χ2v) is 5.64. The van der Waals surface area contributed by atoms with E-state index in [2.05, 4.69) is 15.9 Å². The summed E-state index contributed by atoms with van der Waals surface area (Å²) < 4.78 is 6.11. The molecule has 0 aromatic heterocycles. The molecule has 1 unspecified atom stereocenters. The van der Waals surface area contributed by atoms with Crippen LogP contribution in [0.15, 0.2) is 40.9 Å². The molecule has 0 aliphatic carbocycles. The number of benzene rings is 2. The Morgan fingerprint density at radius 2 is 1.79 bits per heavy atom.